The second kappa shape index (κ2) is 8.74. The molecule has 0 bridgehead atoms. The third kappa shape index (κ3) is 5.73. The van der Waals surface area contributed by atoms with Crippen molar-refractivity contribution in [3.8, 4) is 0 Å². The summed E-state index contributed by atoms with van der Waals surface area (Å²) in [6.45, 7) is 3.12. The number of hydrogen-bond acceptors (Lipinski definition) is 3. The highest BCUT2D eigenvalue weighted by Gasteiger charge is 2.15. The molecule has 1 aliphatic heterocycles. The van der Waals surface area contributed by atoms with E-state index in [1.807, 2.05) is 0 Å². The Morgan fingerprint density at radius 2 is 2.17 bits per heavy atom. The SMILES string of the molecule is CCC(=O)Nc1ccc(Cl)c(NC(=O)NCC[C@H]2CCCO2)c1. The number of halogens is 1. The Kier molecular flexibility index (Phi) is 6.67. The predicted octanol–water partition coefficient (Wildman–Crippen LogP) is 3.38. The second-order valence-corrected chi connectivity index (χ2v) is 5.81. The Labute approximate surface area is 140 Å². The number of carbonyl (C=O) groups is 2. The summed E-state index contributed by atoms with van der Waals surface area (Å²) < 4.78 is 5.50. The first-order chi connectivity index (χ1) is 11.1. The molecule has 0 saturated carbocycles. The first-order valence-electron chi connectivity index (χ1n) is 7.84. The lowest BCUT2D eigenvalue weighted by Crippen LogP contribution is -2.31. The Hall–Kier alpha value is -1.79. The van der Waals surface area contributed by atoms with Crippen LogP contribution in [0.1, 0.15) is 32.6 Å². The summed E-state index contributed by atoms with van der Waals surface area (Å²) in [6.07, 6.45) is 3.56. The van der Waals surface area contributed by atoms with E-state index in [1.54, 1.807) is 25.1 Å². The van der Waals surface area contributed by atoms with Gasteiger partial charge in [0.2, 0.25) is 5.91 Å². The highest BCUT2D eigenvalue weighted by atomic mass is 35.5. The number of carbonyl (C=O) groups excluding carboxylic acids is 2. The molecule has 1 aromatic carbocycles. The number of anilines is 2. The van der Waals surface area contributed by atoms with E-state index >= 15 is 0 Å². The van der Waals surface area contributed by atoms with Gasteiger partial charge in [0.15, 0.2) is 0 Å². The second-order valence-electron chi connectivity index (χ2n) is 5.40. The lowest BCUT2D eigenvalue weighted by molar-refractivity contribution is -0.115. The van der Waals surface area contributed by atoms with Crippen LogP contribution in [0.4, 0.5) is 16.2 Å². The molecule has 0 radical (unpaired) electrons. The van der Waals surface area contributed by atoms with E-state index in [-0.39, 0.29) is 18.0 Å². The lowest BCUT2D eigenvalue weighted by Gasteiger charge is -2.13. The molecule has 0 unspecified atom stereocenters. The Morgan fingerprint density at radius 1 is 1.35 bits per heavy atom. The van der Waals surface area contributed by atoms with Gasteiger partial charge in [-0.05, 0) is 37.5 Å². The van der Waals surface area contributed by atoms with Crippen LogP contribution in [0.5, 0.6) is 0 Å². The van der Waals surface area contributed by atoms with Gasteiger partial charge in [-0.15, -0.1) is 0 Å². The molecule has 1 aromatic rings. The topological polar surface area (TPSA) is 79.5 Å². The van der Waals surface area contributed by atoms with Crippen molar-refractivity contribution in [1.29, 1.82) is 0 Å². The molecule has 0 aliphatic carbocycles. The largest absolute Gasteiger partial charge is 0.378 e. The molecular weight excluding hydrogens is 318 g/mol. The van der Waals surface area contributed by atoms with Crippen LogP contribution >= 0.6 is 11.6 Å². The van der Waals surface area contributed by atoms with E-state index in [1.165, 1.54) is 0 Å². The van der Waals surface area contributed by atoms with Crippen molar-refractivity contribution in [2.75, 3.05) is 23.8 Å². The van der Waals surface area contributed by atoms with Gasteiger partial charge in [0.05, 0.1) is 16.8 Å². The fourth-order valence-corrected chi connectivity index (χ4v) is 2.50. The van der Waals surface area contributed by atoms with Gasteiger partial charge in [0, 0.05) is 25.3 Å². The van der Waals surface area contributed by atoms with Gasteiger partial charge in [-0.2, -0.15) is 0 Å². The lowest BCUT2D eigenvalue weighted by atomic mass is 10.2. The molecule has 1 fully saturated rings. The molecule has 1 atom stereocenters. The van der Waals surface area contributed by atoms with Gasteiger partial charge in [0.25, 0.3) is 0 Å². The molecule has 126 valence electrons. The van der Waals surface area contributed by atoms with Gasteiger partial charge in [0.1, 0.15) is 0 Å². The highest BCUT2D eigenvalue weighted by Crippen LogP contribution is 2.25. The molecule has 1 heterocycles. The summed E-state index contributed by atoms with van der Waals surface area (Å²) in [6, 6.07) is 4.63. The van der Waals surface area contributed by atoms with Crippen LogP contribution in [0, 0.1) is 0 Å². The quantitative estimate of drug-likeness (QED) is 0.743. The Morgan fingerprint density at radius 3 is 2.87 bits per heavy atom. The number of nitrogens with one attached hydrogen (secondary N) is 3. The maximum Gasteiger partial charge on any atom is 0.319 e. The monoisotopic (exact) mass is 339 g/mol. The van der Waals surface area contributed by atoms with Crippen LogP contribution in [0.15, 0.2) is 18.2 Å². The standard InChI is InChI=1S/C16H22ClN3O3/c1-2-15(21)19-11-5-6-13(17)14(10-11)20-16(22)18-8-7-12-4-3-9-23-12/h5-6,10,12H,2-4,7-9H2,1H3,(H,19,21)(H2,18,20,22)/t12-/m1/s1. The van der Waals surface area contributed by atoms with Crippen LogP contribution in [0.3, 0.4) is 0 Å². The maximum absolute atomic E-state index is 11.9. The zero-order valence-corrected chi connectivity index (χ0v) is 13.9. The molecular formula is C16H22ClN3O3. The van der Waals surface area contributed by atoms with E-state index in [0.29, 0.717) is 29.4 Å². The zero-order valence-electron chi connectivity index (χ0n) is 13.2. The van der Waals surface area contributed by atoms with Crippen molar-refractivity contribution in [3.63, 3.8) is 0 Å². The Bertz CT molecular complexity index is 560. The average molecular weight is 340 g/mol. The van der Waals surface area contributed by atoms with Crippen LogP contribution in [0.2, 0.25) is 5.02 Å². The normalized spacial score (nSPS) is 16.9. The summed E-state index contributed by atoms with van der Waals surface area (Å²) in [5.41, 5.74) is 1.05. The molecule has 0 aromatic heterocycles. The molecule has 1 saturated heterocycles. The highest BCUT2D eigenvalue weighted by molar-refractivity contribution is 6.33. The van der Waals surface area contributed by atoms with Crippen LogP contribution in [-0.4, -0.2) is 31.2 Å². The summed E-state index contributed by atoms with van der Waals surface area (Å²) >= 11 is 6.07. The smallest absolute Gasteiger partial charge is 0.319 e. The summed E-state index contributed by atoms with van der Waals surface area (Å²) in [5.74, 6) is -0.0979. The number of hydrogen-bond donors (Lipinski definition) is 3. The third-order valence-corrected chi connectivity index (χ3v) is 3.92. The number of ether oxygens (including phenoxy) is 1. The molecule has 23 heavy (non-hydrogen) atoms. The minimum absolute atomic E-state index is 0.0979. The molecule has 2 rings (SSSR count). The van der Waals surface area contributed by atoms with Gasteiger partial charge in [-0.1, -0.05) is 18.5 Å². The fraction of sp³-hybridized carbons (Fsp3) is 0.500. The minimum Gasteiger partial charge on any atom is -0.378 e. The first kappa shape index (κ1) is 17.6. The molecule has 3 N–H and O–H groups in total. The molecule has 3 amide bonds. The van der Waals surface area contributed by atoms with E-state index in [9.17, 15) is 9.59 Å². The van der Waals surface area contributed by atoms with Crippen molar-refractivity contribution in [3.05, 3.63) is 23.2 Å². The average Bonchev–Trinajstić information content (AvgIpc) is 3.04. The number of urea groups is 1. The summed E-state index contributed by atoms with van der Waals surface area (Å²) in [4.78, 5) is 23.3. The van der Waals surface area contributed by atoms with E-state index in [0.717, 1.165) is 25.9 Å². The van der Waals surface area contributed by atoms with E-state index in [2.05, 4.69) is 16.0 Å². The molecule has 7 heteroatoms. The molecule has 1 aliphatic rings. The number of benzene rings is 1. The summed E-state index contributed by atoms with van der Waals surface area (Å²) in [5, 5.41) is 8.61. The van der Waals surface area contributed by atoms with Gasteiger partial charge in [-0.3, -0.25) is 4.79 Å². The minimum atomic E-state index is -0.330. The van der Waals surface area contributed by atoms with Gasteiger partial charge >= 0.3 is 6.03 Å². The van der Waals surface area contributed by atoms with E-state index in [4.69, 9.17) is 16.3 Å². The van der Waals surface area contributed by atoms with Crippen molar-refractivity contribution in [1.82, 2.24) is 5.32 Å². The predicted molar refractivity (Wildman–Crippen MR) is 91.0 cm³/mol. The van der Waals surface area contributed by atoms with Gasteiger partial charge in [-0.25, -0.2) is 4.79 Å². The van der Waals surface area contributed by atoms with Crippen molar-refractivity contribution < 1.29 is 14.3 Å². The number of rotatable bonds is 6. The molecule has 6 nitrogen and oxygen atoms in total. The van der Waals surface area contributed by atoms with Gasteiger partial charge < -0.3 is 20.7 Å². The molecule has 0 spiro atoms. The van der Waals surface area contributed by atoms with E-state index < -0.39 is 0 Å². The van der Waals surface area contributed by atoms with Crippen LogP contribution < -0.4 is 16.0 Å². The first-order valence-corrected chi connectivity index (χ1v) is 8.22. The van der Waals surface area contributed by atoms with Crippen LogP contribution in [0.25, 0.3) is 0 Å². The Balaban J connectivity index is 1.83. The third-order valence-electron chi connectivity index (χ3n) is 3.60. The van der Waals surface area contributed by atoms with Crippen molar-refractivity contribution in [2.24, 2.45) is 0 Å². The zero-order chi connectivity index (χ0) is 16.7. The number of amides is 3. The van der Waals surface area contributed by atoms with Crippen LogP contribution in [-0.2, 0) is 9.53 Å². The van der Waals surface area contributed by atoms with Crippen molar-refractivity contribution in [2.45, 2.75) is 38.7 Å². The fourth-order valence-electron chi connectivity index (χ4n) is 2.33. The maximum atomic E-state index is 11.9. The van der Waals surface area contributed by atoms with Crippen molar-refractivity contribution >= 4 is 34.9 Å². The summed E-state index contributed by atoms with van der Waals surface area (Å²) in [7, 11) is 0.